The van der Waals surface area contributed by atoms with Gasteiger partial charge in [-0.1, -0.05) is 6.92 Å². The summed E-state index contributed by atoms with van der Waals surface area (Å²) in [5.41, 5.74) is 6.95. The van der Waals surface area contributed by atoms with Crippen LogP contribution in [0.25, 0.3) is 0 Å². The van der Waals surface area contributed by atoms with Crippen LogP contribution in [0.5, 0.6) is 0 Å². The van der Waals surface area contributed by atoms with E-state index in [4.69, 9.17) is 5.73 Å². The van der Waals surface area contributed by atoms with Crippen molar-refractivity contribution in [1.82, 2.24) is 9.55 Å². The van der Waals surface area contributed by atoms with Gasteiger partial charge in [0, 0.05) is 30.4 Å². The number of aromatic nitrogens is 2. The maximum atomic E-state index is 5.65. The average Bonchev–Trinajstić information content (AvgIpc) is 2.49. The molecule has 0 radical (unpaired) electrons. The van der Waals surface area contributed by atoms with Gasteiger partial charge in [-0.2, -0.15) is 0 Å². The maximum Gasteiger partial charge on any atom is 0.0950 e. The molecule has 1 fully saturated rings. The van der Waals surface area contributed by atoms with Crippen LogP contribution in [0.2, 0.25) is 0 Å². The van der Waals surface area contributed by atoms with Crippen molar-refractivity contribution in [2.45, 2.75) is 38.1 Å². The van der Waals surface area contributed by atoms with E-state index in [1.807, 2.05) is 12.5 Å². The first-order valence-electron chi connectivity index (χ1n) is 5.04. The van der Waals surface area contributed by atoms with Crippen LogP contribution in [0.3, 0.4) is 0 Å². The minimum absolute atomic E-state index is 0.433. The van der Waals surface area contributed by atoms with Gasteiger partial charge in [-0.15, -0.1) is 0 Å². The Morgan fingerprint density at radius 3 is 3.00 bits per heavy atom. The summed E-state index contributed by atoms with van der Waals surface area (Å²) < 4.78 is 2.31. The summed E-state index contributed by atoms with van der Waals surface area (Å²) in [7, 11) is 0. The van der Waals surface area contributed by atoms with Crippen LogP contribution < -0.4 is 5.73 Å². The molecule has 1 heterocycles. The first kappa shape index (κ1) is 8.75. The second-order valence-corrected chi connectivity index (χ2v) is 3.95. The molecule has 0 spiro atoms. The van der Waals surface area contributed by atoms with Gasteiger partial charge in [0.25, 0.3) is 0 Å². The zero-order valence-electron chi connectivity index (χ0n) is 8.11. The minimum atomic E-state index is 0.433. The zero-order chi connectivity index (χ0) is 9.26. The molecule has 72 valence electrons. The van der Waals surface area contributed by atoms with Gasteiger partial charge < -0.3 is 10.3 Å². The Hall–Kier alpha value is -0.830. The lowest BCUT2D eigenvalue weighted by atomic mass is 9.92. The fraction of sp³-hybridized carbons (Fsp3) is 0.700. The van der Waals surface area contributed by atoms with Gasteiger partial charge in [0.1, 0.15) is 0 Å². The molecule has 3 nitrogen and oxygen atoms in total. The molecule has 0 aromatic carbocycles. The summed E-state index contributed by atoms with van der Waals surface area (Å²) in [6.07, 6.45) is 7.88. The Morgan fingerprint density at radius 2 is 2.46 bits per heavy atom. The van der Waals surface area contributed by atoms with Crippen LogP contribution in [0, 0.1) is 0 Å². The lowest BCUT2D eigenvalue weighted by Gasteiger charge is -2.29. The highest BCUT2D eigenvalue weighted by Crippen LogP contribution is 2.33. The molecule has 1 unspecified atom stereocenters. The molecule has 1 aromatic heterocycles. The highest BCUT2D eigenvalue weighted by Gasteiger charge is 2.22. The van der Waals surface area contributed by atoms with Crippen LogP contribution in [-0.2, 0) is 0 Å². The van der Waals surface area contributed by atoms with Gasteiger partial charge in [-0.3, -0.25) is 0 Å². The van der Waals surface area contributed by atoms with E-state index in [1.165, 1.54) is 25.0 Å². The van der Waals surface area contributed by atoms with Crippen LogP contribution in [0.1, 0.15) is 43.8 Å². The third-order valence-corrected chi connectivity index (χ3v) is 3.02. The number of rotatable bonds is 3. The molecule has 2 rings (SSSR count). The van der Waals surface area contributed by atoms with E-state index in [-0.39, 0.29) is 0 Å². The van der Waals surface area contributed by atoms with E-state index < -0.39 is 0 Å². The van der Waals surface area contributed by atoms with E-state index in [2.05, 4.69) is 16.5 Å². The average molecular weight is 179 g/mol. The molecule has 13 heavy (non-hydrogen) atoms. The molecular formula is C10H17N3. The predicted molar refractivity (Wildman–Crippen MR) is 52.6 cm³/mol. The van der Waals surface area contributed by atoms with Crippen molar-refractivity contribution in [3.05, 3.63) is 18.2 Å². The Kier molecular flexibility index (Phi) is 2.36. The topological polar surface area (TPSA) is 43.8 Å². The van der Waals surface area contributed by atoms with Crippen molar-refractivity contribution < 1.29 is 0 Å². The second kappa shape index (κ2) is 3.50. The highest BCUT2D eigenvalue weighted by atomic mass is 15.1. The van der Waals surface area contributed by atoms with Gasteiger partial charge in [-0.25, -0.2) is 4.98 Å². The molecule has 0 saturated heterocycles. The Morgan fingerprint density at radius 1 is 1.69 bits per heavy atom. The lowest BCUT2D eigenvalue weighted by molar-refractivity contribution is 0.304. The first-order chi connectivity index (χ1) is 6.33. The third kappa shape index (κ3) is 1.48. The van der Waals surface area contributed by atoms with Crippen molar-refractivity contribution in [3.8, 4) is 0 Å². The quantitative estimate of drug-likeness (QED) is 0.767. The third-order valence-electron chi connectivity index (χ3n) is 3.02. The van der Waals surface area contributed by atoms with Crippen molar-refractivity contribution in [3.63, 3.8) is 0 Å². The van der Waals surface area contributed by atoms with E-state index in [0.29, 0.717) is 18.5 Å². The van der Waals surface area contributed by atoms with Crippen LogP contribution in [-0.4, -0.2) is 16.1 Å². The van der Waals surface area contributed by atoms with Crippen LogP contribution in [0.4, 0.5) is 0 Å². The number of hydrogen-bond donors (Lipinski definition) is 1. The summed E-state index contributed by atoms with van der Waals surface area (Å²) in [5, 5.41) is 0. The van der Waals surface area contributed by atoms with Crippen molar-refractivity contribution >= 4 is 0 Å². The molecule has 0 bridgehead atoms. The van der Waals surface area contributed by atoms with Gasteiger partial charge in [0.05, 0.1) is 6.33 Å². The summed E-state index contributed by atoms with van der Waals surface area (Å²) in [6, 6.07) is 0.700. The second-order valence-electron chi connectivity index (χ2n) is 3.95. The summed E-state index contributed by atoms with van der Waals surface area (Å²) in [4.78, 5) is 4.20. The number of nitrogens with two attached hydrogens (primary N) is 1. The number of imidazole rings is 1. The molecule has 1 aromatic rings. The van der Waals surface area contributed by atoms with Gasteiger partial charge in [-0.05, 0) is 19.3 Å². The van der Waals surface area contributed by atoms with E-state index in [9.17, 15) is 0 Å². The first-order valence-corrected chi connectivity index (χ1v) is 5.04. The molecule has 1 aliphatic carbocycles. The fourth-order valence-corrected chi connectivity index (χ4v) is 1.79. The van der Waals surface area contributed by atoms with Gasteiger partial charge >= 0.3 is 0 Å². The van der Waals surface area contributed by atoms with Crippen molar-refractivity contribution in [2.24, 2.45) is 5.73 Å². The molecule has 2 N–H and O–H groups in total. The fourth-order valence-electron chi connectivity index (χ4n) is 1.79. The lowest BCUT2D eigenvalue weighted by Crippen LogP contribution is -2.21. The summed E-state index contributed by atoms with van der Waals surface area (Å²) >= 11 is 0. The number of hydrogen-bond acceptors (Lipinski definition) is 2. The van der Waals surface area contributed by atoms with E-state index in [1.54, 1.807) is 0 Å². The Bertz CT molecular complexity index is 256. The number of nitrogens with zero attached hydrogens (tertiary/aromatic N) is 2. The Balaban J connectivity index is 2.19. The normalized spacial score (nSPS) is 19.8. The monoisotopic (exact) mass is 179 g/mol. The van der Waals surface area contributed by atoms with Crippen LogP contribution >= 0.6 is 0 Å². The molecule has 1 atom stereocenters. The summed E-state index contributed by atoms with van der Waals surface area (Å²) in [6.45, 7) is 2.87. The maximum absolute atomic E-state index is 5.65. The predicted octanol–water partition coefficient (Wildman–Crippen LogP) is 1.67. The molecule has 1 saturated carbocycles. The molecule has 0 aliphatic heterocycles. The summed E-state index contributed by atoms with van der Waals surface area (Å²) in [5.74, 6) is 0.433. The van der Waals surface area contributed by atoms with Gasteiger partial charge in [0.2, 0.25) is 0 Å². The van der Waals surface area contributed by atoms with E-state index in [0.717, 1.165) is 0 Å². The van der Waals surface area contributed by atoms with E-state index >= 15 is 0 Å². The molecule has 3 heteroatoms. The smallest absolute Gasteiger partial charge is 0.0950 e. The SMILES string of the molecule is CC(CN)c1cncn1C1CCC1. The Labute approximate surface area is 79.0 Å². The molecule has 0 amide bonds. The highest BCUT2D eigenvalue weighted by molar-refractivity contribution is 5.08. The molecule has 1 aliphatic rings. The van der Waals surface area contributed by atoms with Crippen molar-refractivity contribution in [2.75, 3.05) is 6.54 Å². The minimum Gasteiger partial charge on any atom is -0.331 e. The van der Waals surface area contributed by atoms with Crippen molar-refractivity contribution in [1.29, 1.82) is 0 Å². The zero-order valence-corrected chi connectivity index (χ0v) is 8.11. The standard InChI is InChI=1S/C10H17N3/c1-8(5-11)10-6-12-7-13(10)9-3-2-4-9/h6-9H,2-5,11H2,1H3. The molecular weight excluding hydrogens is 162 g/mol. The van der Waals surface area contributed by atoms with Crippen LogP contribution in [0.15, 0.2) is 12.5 Å². The largest absolute Gasteiger partial charge is 0.331 e. The van der Waals surface area contributed by atoms with Gasteiger partial charge in [0.15, 0.2) is 0 Å².